The molecule has 0 aliphatic heterocycles. The first-order chi connectivity index (χ1) is 11.2. The van der Waals surface area contributed by atoms with E-state index in [2.05, 4.69) is 0 Å². The molecule has 2 N–H and O–H groups in total. The number of aliphatic carboxylic acids is 1. The molecule has 2 atom stereocenters. The Morgan fingerprint density at radius 3 is 2.69 bits per heavy atom. The summed E-state index contributed by atoms with van der Waals surface area (Å²) in [6.45, 7) is -2.45. The number of hydrogen-bond acceptors (Lipinski definition) is 3. The van der Waals surface area contributed by atoms with Crippen LogP contribution in [0.25, 0.3) is 0 Å². The van der Waals surface area contributed by atoms with Gasteiger partial charge in [0.1, 0.15) is 11.6 Å². The Balaban J connectivity index is 6.52. The average molecular weight is 241 g/mol. The molecule has 0 rings (SSSR count). The molecular weight excluding hydrogens is 210 g/mol. The van der Waals surface area contributed by atoms with Crippen molar-refractivity contribution in [1.82, 2.24) is 5.31 Å². The maximum absolute atomic E-state index is 12.0. The quantitative estimate of drug-likeness (QED) is 0.789. The number of ether oxygens (including phenoxy) is 1. The summed E-state index contributed by atoms with van der Waals surface area (Å²) in [5.41, 5.74) is -1.25. The van der Waals surface area contributed by atoms with Crippen molar-refractivity contribution in [1.29, 1.82) is 0 Å². The van der Waals surface area contributed by atoms with Crippen molar-refractivity contribution in [2.45, 2.75) is 52.5 Å². The number of nitrogens with one attached hydrogen (secondary N) is 1. The predicted molar refractivity (Wildman–Crippen MR) is 60.2 cm³/mol. The molecule has 1 unspecified atom stereocenters. The molecule has 0 fully saturated rings. The van der Waals surface area contributed by atoms with E-state index in [9.17, 15) is 14.7 Å². The van der Waals surface area contributed by atoms with Crippen molar-refractivity contribution in [3.8, 4) is 0 Å². The van der Waals surface area contributed by atoms with Crippen molar-refractivity contribution in [2.24, 2.45) is 5.89 Å². The molecule has 1 amide bonds. The van der Waals surface area contributed by atoms with E-state index in [-0.39, 0.29) is 0 Å². The number of hydrogen-bond donors (Lipinski definition) is 2. The van der Waals surface area contributed by atoms with Gasteiger partial charge < -0.3 is 15.2 Å². The highest BCUT2D eigenvalue weighted by Gasteiger charge is 2.24. The normalized spacial score (nSPS) is 30.0. The van der Waals surface area contributed by atoms with E-state index in [4.69, 9.17) is 18.5 Å². The van der Waals surface area contributed by atoms with Gasteiger partial charge in [-0.2, -0.15) is 0 Å². The number of alkyl carbamates (subject to hydrolysis) is 1. The lowest BCUT2D eigenvalue weighted by molar-refractivity contribution is -0.139. The molecule has 0 aliphatic carbocycles. The van der Waals surface area contributed by atoms with Crippen LogP contribution in [0.2, 0.25) is 1.41 Å². The molecule has 94 valence electrons. The van der Waals surface area contributed by atoms with Gasteiger partial charge in [-0.15, -0.1) is 0 Å². The zero-order valence-corrected chi connectivity index (χ0v) is 9.20. The number of carbonyl (C=O) groups excluding carboxylic acids is 1. The van der Waals surface area contributed by atoms with Crippen LogP contribution in [0.3, 0.4) is 0 Å². The van der Waals surface area contributed by atoms with Gasteiger partial charge >= 0.3 is 12.1 Å². The van der Waals surface area contributed by atoms with Crippen LogP contribution in [0.15, 0.2) is 0 Å². The number of carboxylic acid groups (broad SMARTS) is 1. The molecule has 5 heteroatoms. The molecule has 0 heterocycles. The highest BCUT2D eigenvalue weighted by molar-refractivity contribution is 5.79. The van der Waals surface area contributed by atoms with E-state index in [1.165, 1.54) is 20.8 Å². The average Bonchev–Trinajstić information content (AvgIpc) is 2.40. The summed E-state index contributed by atoms with van der Waals surface area (Å²) in [6, 6.07) is -3.99. The maximum atomic E-state index is 12.0. The molecule has 0 aromatic carbocycles. The van der Waals surface area contributed by atoms with E-state index in [0.29, 0.717) is 0 Å². The summed E-state index contributed by atoms with van der Waals surface area (Å²) >= 11 is 0. The van der Waals surface area contributed by atoms with Gasteiger partial charge in [0, 0.05) is 11.0 Å². The van der Waals surface area contributed by atoms with E-state index >= 15 is 0 Å². The minimum Gasteiger partial charge on any atom is -0.480 e. The van der Waals surface area contributed by atoms with Crippen molar-refractivity contribution >= 4 is 12.1 Å². The Labute approximate surface area is 110 Å². The number of amides is 1. The fourth-order valence-electron chi connectivity index (χ4n) is 0.633. The SMILES string of the molecule is [2H]C([2H])C([2H])(C([2H])([2H])[2H])C([2H])([2H])[C@@]([2H])(C(=O)O)N([2H])C(=O)OC(C)(C)C. The van der Waals surface area contributed by atoms with E-state index in [1.54, 1.807) is 0 Å². The predicted octanol–water partition coefficient (Wildman–Crippen LogP) is 2.01. The Hall–Kier alpha value is -1.26. The van der Waals surface area contributed by atoms with Gasteiger partial charge in [-0.1, -0.05) is 13.7 Å². The first kappa shape index (κ1) is 4.94. The second kappa shape index (κ2) is 5.72. The number of rotatable bonds is 4. The molecule has 0 aliphatic rings. The van der Waals surface area contributed by atoms with E-state index in [1.807, 2.05) is 0 Å². The standard InChI is InChI=1S/C11H21NO4/c1-7(2)6-8(9(13)14)12-10(15)16-11(3,4)5/h7-8H,6H2,1-5H3,(H,12,15)(H,13,14)/t8-/m0/s1/i1D2,2D3,6D2,7D,8D/hD/t7?,8-. The third-order valence-corrected chi connectivity index (χ3v) is 1.05. The summed E-state index contributed by atoms with van der Waals surface area (Å²) in [5.74, 6) is -6.24. The zero-order valence-electron chi connectivity index (χ0n) is 19.2. The Morgan fingerprint density at radius 1 is 1.69 bits per heavy atom. The second-order valence-corrected chi connectivity index (χ2v) is 3.78. The van der Waals surface area contributed by atoms with Crippen LogP contribution in [-0.4, -0.2) is 28.8 Å². The molecule has 0 spiro atoms. The Kier molecular flexibility index (Phi) is 1.77. The summed E-state index contributed by atoms with van der Waals surface area (Å²) in [6.07, 6.45) is -5.83. The third kappa shape index (κ3) is 7.09. The molecule has 0 radical (unpaired) electrons. The van der Waals surface area contributed by atoms with Gasteiger partial charge in [-0.3, -0.25) is 0 Å². The fraction of sp³-hybridized carbons (Fsp3) is 0.818. The lowest BCUT2D eigenvalue weighted by atomic mass is 10.0. The van der Waals surface area contributed by atoms with Crippen LogP contribution in [0.4, 0.5) is 4.79 Å². The van der Waals surface area contributed by atoms with Crippen molar-refractivity contribution in [3.63, 3.8) is 0 Å². The number of carboxylic acids is 1. The molecule has 0 bridgehead atoms. The second-order valence-electron chi connectivity index (χ2n) is 3.78. The first-order valence-corrected chi connectivity index (χ1v) is 4.28. The molecule has 0 saturated carbocycles. The highest BCUT2D eigenvalue weighted by Crippen LogP contribution is 2.09. The van der Waals surface area contributed by atoms with Gasteiger partial charge in [0.15, 0.2) is 1.41 Å². The highest BCUT2D eigenvalue weighted by atomic mass is 16.6. The van der Waals surface area contributed by atoms with Gasteiger partial charge in [-0.05, 0) is 33.0 Å². The van der Waals surface area contributed by atoms with Crippen LogP contribution in [0.5, 0.6) is 0 Å². The molecule has 0 saturated heterocycles. The molecule has 0 aromatic rings. The summed E-state index contributed by atoms with van der Waals surface area (Å²) in [5, 5.41) is 8.57. The summed E-state index contributed by atoms with van der Waals surface area (Å²) < 4.78 is 80.1. The molecule has 0 aromatic heterocycles. The lowest BCUT2D eigenvalue weighted by Crippen LogP contribution is -2.44. The van der Waals surface area contributed by atoms with Crippen molar-refractivity contribution in [2.75, 3.05) is 0 Å². The maximum Gasteiger partial charge on any atom is 0.408 e. The largest absolute Gasteiger partial charge is 0.480 e. The van der Waals surface area contributed by atoms with Crippen molar-refractivity contribution < 1.29 is 33.2 Å². The fourth-order valence-corrected chi connectivity index (χ4v) is 0.633. The van der Waals surface area contributed by atoms with Gasteiger partial charge in [0.05, 0.1) is 1.37 Å². The smallest absolute Gasteiger partial charge is 0.408 e. The topological polar surface area (TPSA) is 75.6 Å². The molecule has 16 heavy (non-hydrogen) atoms. The zero-order chi connectivity index (χ0) is 21.5. The minimum atomic E-state index is -4.05. The van der Waals surface area contributed by atoms with Crippen LogP contribution in [-0.2, 0) is 9.53 Å². The lowest BCUT2D eigenvalue weighted by Gasteiger charge is -2.22. The van der Waals surface area contributed by atoms with E-state index < -0.39 is 55.0 Å². The van der Waals surface area contributed by atoms with E-state index in [0.717, 1.165) is 0 Å². The Bertz CT molecular complexity index is 560. The van der Waals surface area contributed by atoms with Crippen LogP contribution in [0, 0.1) is 5.89 Å². The summed E-state index contributed by atoms with van der Waals surface area (Å²) in [7, 11) is 0. The van der Waals surface area contributed by atoms with Gasteiger partial charge in [-0.25, -0.2) is 9.59 Å². The molecular formula is C11H21NO4. The summed E-state index contributed by atoms with van der Waals surface area (Å²) in [4.78, 5) is 23.6. The van der Waals surface area contributed by atoms with Gasteiger partial charge in [0.2, 0.25) is 0 Å². The van der Waals surface area contributed by atoms with Crippen LogP contribution >= 0.6 is 0 Å². The number of carbonyl (C=O) groups is 2. The van der Waals surface area contributed by atoms with Crippen LogP contribution in [0.1, 0.15) is 53.2 Å². The third-order valence-electron chi connectivity index (χ3n) is 1.05. The minimum absolute atomic E-state index is 0.738. The monoisotopic (exact) mass is 241 g/mol. The van der Waals surface area contributed by atoms with Gasteiger partial charge in [0.25, 0.3) is 0 Å². The Morgan fingerprint density at radius 2 is 2.31 bits per heavy atom. The first-order valence-electron chi connectivity index (χ1n) is 9.38. The molecule has 5 nitrogen and oxygen atoms in total. The van der Waals surface area contributed by atoms with Crippen molar-refractivity contribution in [3.05, 3.63) is 0 Å². The van der Waals surface area contributed by atoms with Crippen LogP contribution < -0.4 is 5.31 Å².